The quantitative estimate of drug-likeness (QED) is 0.718. The Morgan fingerprint density at radius 2 is 2.00 bits per heavy atom. The van der Waals surface area contributed by atoms with Gasteiger partial charge in [0.1, 0.15) is 5.41 Å². The van der Waals surface area contributed by atoms with Crippen molar-refractivity contribution in [3.8, 4) is 0 Å². The lowest BCUT2D eigenvalue weighted by molar-refractivity contribution is -0.238. The van der Waals surface area contributed by atoms with Gasteiger partial charge in [0.25, 0.3) is 0 Å². The van der Waals surface area contributed by atoms with E-state index in [1.165, 1.54) is 32.8 Å². The van der Waals surface area contributed by atoms with E-state index in [0.29, 0.717) is 11.8 Å². The first kappa shape index (κ1) is 12.2. The van der Waals surface area contributed by atoms with Gasteiger partial charge in [-0.2, -0.15) is 0 Å². The van der Waals surface area contributed by atoms with Crippen molar-refractivity contribution in [2.24, 2.45) is 22.7 Å². The largest absolute Gasteiger partial charge is 0.468 e. The summed E-state index contributed by atoms with van der Waals surface area (Å²) in [5.41, 5.74) is -0.178. The third-order valence-electron chi connectivity index (χ3n) is 6.21. The maximum Gasteiger partial charge on any atom is 0.315 e. The van der Waals surface area contributed by atoms with Gasteiger partial charge in [-0.25, -0.2) is 0 Å². The highest BCUT2D eigenvalue weighted by atomic mass is 16.7. The van der Waals surface area contributed by atoms with Crippen LogP contribution < -0.4 is 0 Å². The normalized spacial score (nSPS) is 54.2. The molecular formula is C15H22O4. The lowest BCUT2D eigenvalue weighted by atomic mass is 9.80. The highest BCUT2D eigenvalue weighted by Crippen LogP contribution is 2.96. The second-order valence-electron chi connectivity index (χ2n) is 6.62. The van der Waals surface area contributed by atoms with E-state index in [1.807, 2.05) is 0 Å². The molecule has 4 rings (SSSR count). The number of methoxy groups -OCH3 is 2. The van der Waals surface area contributed by atoms with Gasteiger partial charge in [0.2, 0.25) is 0 Å². The van der Waals surface area contributed by atoms with Crippen LogP contribution in [-0.2, 0) is 19.0 Å². The van der Waals surface area contributed by atoms with E-state index in [0.717, 1.165) is 12.8 Å². The van der Waals surface area contributed by atoms with Crippen LogP contribution in [0.25, 0.3) is 0 Å². The molecule has 0 unspecified atom stereocenters. The fourth-order valence-corrected chi connectivity index (χ4v) is 5.50. The van der Waals surface area contributed by atoms with Crippen LogP contribution in [-0.4, -0.2) is 32.6 Å². The Labute approximate surface area is 113 Å². The van der Waals surface area contributed by atoms with Crippen LogP contribution in [0.4, 0.5) is 0 Å². The Morgan fingerprint density at radius 1 is 1.21 bits per heavy atom. The second-order valence-corrected chi connectivity index (χ2v) is 6.62. The van der Waals surface area contributed by atoms with E-state index in [9.17, 15) is 4.79 Å². The molecule has 106 valence electrons. The highest BCUT2D eigenvalue weighted by Gasteiger charge is 3.05. The number of ether oxygens (including phenoxy) is 3. The topological polar surface area (TPSA) is 44.8 Å². The first-order valence-electron chi connectivity index (χ1n) is 7.52. The Bertz CT molecular complexity index is 422. The predicted molar refractivity (Wildman–Crippen MR) is 67.2 cm³/mol. The van der Waals surface area contributed by atoms with Crippen molar-refractivity contribution in [1.29, 1.82) is 0 Å². The van der Waals surface area contributed by atoms with Gasteiger partial charge >= 0.3 is 5.97 Å². The smallest absolute Gasteiger partial charge is 0.315 e. The Hall–Kier alpha value is -0.610. The summed E-state index contributed by atoms with van der Waals surface area (Å²) in [5, 5.41) is 0. The first-order valence-corrected chi connectivity index (χ1v) is 7.52. The summed E-state index contributed by atoms with van der Waals surface area (Å²) in [6.07, 6.45) is 7.23. The first-order chi connectivity index (χ1) is 9.25. The molecule has 0 bridgehead atoms. The zero-order valence-corrected chi connectivity index (χ0v) is 11.7. The standard InChI is InChI=1S/C15H22O4/c1-17-11-9-7-5-3-4-6-8-14-10(9)15(14,12(14)19-11)13(16)18-2/h9-12H,3-8H2,1-2H3/t9-,10-,11-,12+,14-,15+/m0/s1. The van der Waals surface area contributed by atoms with E-state index in [4.69, 9.17) is 14.2 Å². The average molecular weight is 266 g/mol. The third kappa shape index (κ3) is 1.13. The molecule has 0 aromatic carbocycles. The SMILES string of the molecule is COC(=O)[C@@]12[C@@H]3O[C@H](OC)[C@H]4CCCCCC[C@]31[C@H]42. The maximum atomic E-state index is 12.3. The summed E-state index contributed by atoms with van der Waals surface area (Å²) in [7, 11) is 3.22. The summed E-state index contributed by atoms with van der Waals surface area (Å²) in [4.78, 5) is 12.3. The second kappa shape index (κ2) is 3.73. The lowest BCUT2D eigenvalue weighted by Gasteiger charge is -2.40. The highest BCUT2D eigenvalue weighted by molar-refractivity contribution is 5.91. The minimum Gasteiger partial charge on any atom is -0.468 e. The van der Waals surface area contributed by atoms with Crippen molar-refractivity contribution >= 4 is 5.97 Å². The molecule has 4 aliphatic rings. The number of esters is 1. The Kier molecular flexibility index (Phi) is 2.39. The molecule has 1 saturated heterocycles. The van der Waals surface area contributed by atoms with Gasteiger partial charge in [0.15, 0.2) is 6.29 Å². The number of carbonyl (C=O) groups excluding carboxylic acids is 1. The van der Waals surface area contributed by atoms with Crippen LogP contribution >= 0.6 is 0 Å². The molecule has 0 N–H and O–H groups in total. The zero-order chi connectivity index (χ0) is 13.3. The van der Waals surface area contributed by atoms with Crippen molar-refractivity contribution in [3.05, 3.63) is 0 Å². The molecule has 1 heterocycles. The summed E-state index contributed by atoms with van der Waals surface area (Å²) >= 11 is 0. The van der Waals surface area contributed by atoms with E-state index in [2.05, 4.69) is 0 Å². The summed E-state index contributed by atoms with van der Waals surface area (Å²) in [6.45, 7) is 0. The van der Waals surface area contributed by atoms with Gasteiger partial charge in [-0.1, -0.05) is 25.7 Å². The third-order valence-corrected chi connectivity index (χ3v) is 6.21. The molecule has 4 nitrogen and oxygen atoms in total. The van der Waals surface area contributed by atoms with Crippen molar-refractivity contribution in [2.45, 2.75) is 50.9 Å². The van der Waals surface area contributed by atoms with Crippen LogP contribution in [0.3, 0.4) is 0 Å². The molecule has 4 heteroatoms. The molecule has 6 atom stereocenters. The molecule has 0 aromatic heterocycles. The maximum absolute atomic E-state index is 12.3. The molecule has 3 saturated carbocycles. The molecule has 0 aromatic rings. The number of rotatable bonds is 2. The predicted octanol–water partition coefficient (Wildman–Crippen LogP) is 2.12. The molecule has 19 heavy (non-hydrogen) atoms. The summed E-state index contributed by atoms with van der Waals surface area (Å²) in [6, 6.07) is 0. The average Bonchev–Trinajstić information content (AvgIpc) is 3.25. The van der Waals surface area contributed by atoms with Crippen molar-refractivity contribution in [1.82, 2.24) is 0 Å². The minimum atomic E-state index is -0.293. The number of hydrogen-bond acceptors (Lipinski definition) is 4. The molecule has 1 aliphatic heterocycles. The van der Waals surface area contributed by atoms with Gasteiger partial charge in [-0.3, -0.25) is 4.79 Å². The van der Waals surface area contributed by atoms with E-state index in [1.54, 1.807) is 7.11 Å². The number of carbonyl (C=O) groups is 1. The molecule has 0 amide bonds. The van der Waals surface area contributed by atoms with Crippen LogP contribution in [0.5, 0.6) is 0 Å². The van der Waals surface area contributed by atoms with E-state index >= 15 is 0 Å². The van der Waals surface area contributed by atoms with Crippen LogP contribution in [0.15, 0.2) is 0 Å². The van der Waals surface area contributed by atoms with E-state index in [-0.39, 0.29) is 29.2 Å². The van der Waals surface area contributed by atoms with Gasteiger partial charge in [-0.05, 0) is 18.8 Å². The number of hydrogen-bond donors (Lipinski definition) is 0. The molecule has 0 radical (unpaired) electrons. The van der Waals surface area contributed by atoms with E-state index < -0.39 is 0 Å². The summed E-state index contributed by atoms with van der Waals surface area (Å²) in [5.74, 6) is 0.795. The Morgan fingerprint density at radius 3 is 2.74 bits per heavy atom. The molecule has 3 aliphatic carbocycles. The van der Waals surface area contributed by atoms with Gasteiger partial charge < -0.3 is 14.2 Å². The monoisotopic (exact) mass is 266 g/mol. The van der Waals surface area contributed by atoms with Crippen molar-refractivity contribution in [3.63, 3.8) is 0 Å². The molecular weight excluding hydrogens is 244 g/mol. The fraction of sp³-hybridized carbons (Fsp3) is 0.933. The van der Waals surface area contributed by atoms with Gasteiger partial charge in [0.05, 0.1) is 13.2 Å². The summed E-state index contributed by atoms with van der Waals surface area (Å²) < 4.78 is 16.7. The fourth-order valence-electron chi connectivity index (χ4n) is 5.50. The zero-order valence-electron chi connectivity index (χ0n) is 11.7. The Balaban J connectivity index is 1.68. The van der Waals surface area contributed by atoms with Crippen LogP contribution in [0.1, 0.15) is 38.5 Å². The molecule has 1 spiro atoms. The lowest BCUT2D eigenvalue weighted by Crippen LogP contribution is -2.46. The van der Waals surface area contributed by atoms with Crippen LogP contribution in [0.2, 0.25) is 0 Å². The molecule has 4 fully saturated rings. The minimum absolute atomic E-state index is 0.0392. The van der Waals surface area contributed by atoms with Crippen molar-refractivity contribution < 1.29 is 19.0 Å². The van der Waals surface area contributed by atoms with Crippen molar-refractivity contribution in [2.75, 3.05) is 14.2 Å². The van der Waals surface area contributed by atoms with Gasteiger partial charge in [0, 0.05) is 18.4 Å². The van der Waals surface area contributed by atoms with Gasteiger partial charge in [-0.15, -0.1) is 0 Å². The van der Waals surface area contributed by atoms with Crippen LogP contribution in [0, 0.1) is 22.7 Å².